The highest BCUT2D eigenvalue weighted by Crippen LogP contribution is 2.41. The van der Waals surface area contributed by atoms with Gasteiger partial charge in [0.2, 0.25) is 0 Å². The van der Waals surface area contributed by atoms with Gasteiger partial charge < -0.3 is 14.7 Å². The molecular formula is C27H33NO4. The molecule has 1 atom stereocenters. The van der Waals surface area contributed by atoms with Crippen molar-refractivity contribution >= 4 is 11.7 Å². The second-order valence-corrected chi connectivity index (χ2v) is 9.80. The fraction of sp³-hybridized carbons (Fsp3) is 0.407. The molecule has 5 nitrogen and oxygen atoms in total. The van der Waals surface area contributed by atoms with Crippen LogP contribution in [0.3, 0.4) is 0 Å². The van der Waals surface area contributed by atoms with E-state index in [1.54, 1.807) is 12.0 Å². The fourth-order valence-electron chi connectivity index (χ4n) is 4.11. The lowest BCUT2D eigenvalue weighted by Gasteiger charge is -2.28. The van der Waals surface area contributed by atoms with Crippen LogP contribution in [0.5, 0.6) is 5.75 Å². The Hall–Kier alpha value is -3.08. The van der Waals surface area contributed by atoms with E-state index in [1.165, 1.54) is 0 Å². The third-order valence-electron chi connectivity index (χ3n) is 5.82. The van der Waals surface area contributed by atoms with Crippen molar-refractivity contribution in [1.29, 1.82) is 0 Å². The first-order valence-electron chi connectivity index (χ1n) is 11.0. The van der Waals surface area contributed by atoms with Crippen molar-refractivity contribution in [3.63, 3.8) is 0 Å². The van der Waals surface area contributed by atoms with Gasteiger partial charge in [0.15, 0.2) is 11.5 Å². The minimum atomic E-state index is -0.646. The monoisotopic (exact) mass is 435 g/mol. The minimum absolute atomic E-state index is 0.0185. The maximum Gasteiger partial charge on any atom is 0.290 e. The van der Waals surface area contributed by atoms with Crippen LogP contribution < -0.4 is 4.74 Å². The summed E-state index contributed by atoms with van der Waals surface area (Å²) in [5.74, 6) is -0.407. The number of carbonyl (C=O) groups is 2. The quantitative estimate of drug-likeness (QED) is 0.623. The number of aliphatic hydroxyl groups is 1. The Morgan fingerprint density at radius 2 is 1.72 bits per heavy atom. The van der Waals surface area contributed by atoms with Crippen LogP contribution in [0.4, 0.5) is 0 Å². The normalized spacial score (nSPS) is 16.8. The smallest absolute Gasteiger partial charge is 0.290 e. The van der Waals surface area contributed by atoms with E-state index in [1.807, 2.05) is 62.4 Å². The number of carbonyl (C=O) groups excluding carboxylic acids is 2. The summed E-state index contributed by atoms with van der Waals surface area (Å²) >= 11 is 0. The van der Waals surface area contributed by atoms with Gasteiger partial charge in [-0.2, -0.15) is 0 Å². The SMILES string of the molecule is COc1ccccc1CN1C(=O)C(O)=C(C(=O)CC(C)C)C1c1ccc(C(C)(C)C)cc1. The van der Waals surface area contributed by atoms with Crippen molar-refractivity contribution in [2.24, 2.45) is 5.92 Å². The summed E-state index contributed by atoms with van der Waals surface area (Å²) < 4.78 is 5.46. The van der Waals surface area contributed by atoms with Crippen molar-refractivity contribution in [2.75, 3.05) is 7.11 Å². The molecule has 5 heteroatoms. The Kier molecular flexibility index (Phi) is 6.77. The van der Waals surface area contributed by atoms with E-state index in [9.17, 15) is 14.7 Å². The lowest BCUT2D eigenvalue weighted by molar-refractivity contribution is -0.130. The molecule has 1 amide bonds. The highest BCUT2D eigenvalue weighted by molar-refractivity contribution is 6.09. The number of hydrogen-bond donors (Lipinski definition) is 1. The number of ether oxygens (including phenoxy) is 1. The topological polar surface area (TPSA) is 66.8 Å². The summed E-state index contributed by atoms with van der Waals surface area (Å²) in [6, 6.07) is 14.8. The van der Waals surface area contributed by atoms with Crippen LogP contribution in [0, 0.1) is 5.92 Å². The second kappa shape index (κ2) is 9.19. The summed E-state index contributed by atoms with van der Waals surface area (Å²) in [4.78, 5) is 27.8. The average Bonchev–Trinajstić information content (AvgIpc) is 2.98. The van der Waals surface area contributed by atoms with E-state index in [-0.39, 0.29) is 35.7 Å². The number of amides is 1. The van der Waals surface area contributed by atoms with E-state index in [2.05, 4.69) is 20.8 Å². The van der Waals surface area contributed by atoms with Gasteiger partial charge >= 0.3 is 0 Å². The Labute approximate surface area is 190 Å². The zero-order valence-corrected chi connectivity index (χ0v) is 19.8. The van der Waals surface area contributed by atoms with Crippen LogP contribution in [0.25, 0.3) is 0 Å². The Balaban J connectivity index is 2.07. The van der Waals surface area contributed by atoms with Crippen molar-refractivity contribution in [3.05, 3.63) is 76.6 Å². The van der Waals surface area contributed by atoms with Gasteiger partial charge in [0.1, 0.15) is 5.75 Å². The van der Waals surface area contributed by atoms with Gasteiger partial charge in [-0.05, 0) is 28.5 Å². The van der Waals surface area contributed by atoms with Crippen LogP contribution in [0.15, 0.2) is 59.9 Å². The van der Waals surface area contributed by atoms with E-state index in [0.717, 1.165) is 16.7 Å². The summed E-state index contributed by atoms with van der Waals surface area (Å²) in [5.41, 5.74) is 2.93. The molecule has 2 aromatic carbocycles. The zero-order valence-electron chi connectivity index (χ0n) is 19.8. The molecule has 2 aromatic rings. The molecule has 0 bridgehead atoms. The number of aliphatic hydroxyl groups excluding tert-OH is 1. The van der Waals surface area contributed by atoms with Crippen LogP contribution >= 0.6 is 0 Å². The van der Waals surface area contributed by atoms with Gasteiger partial charge in [-0.3, -0.25) is 9.59 Å². The fourth-order valence-corrected chi connectivity index (χ4v) is 4.11. The van der Waals surface area contributed by atoms with Crippen LogP contribution in [0.1, 0.15) is 63.8 Å². The predicted octanol–water partition coefficient (Wildman–Crippen LogP) is 5.50. The third kappa shape index (κ3) is 4.72. The molecule has 1 heterocycles. The van der Waals surface area contributed by atoms with Crippen LogP contribution in [-0.2, 0) is 21.5 Å². The van der Waals surface area contributed by atoms with Crippen LogP contribution in [0.2, 0.25) is 0 Å². The number of ketones is 1. The molecule has 0 saturated heterocycles. The first kappa shape index (κ1) is 23.6. The largest absolute Gasteiger partial charge is 0.503 e. The Morgan fingerprint density at radius 1 is 1.09 bits per heavy atom. The molecule has 3 rings (SSSR count). The second-order valence-electron chi connectivity index (χ2n) is 9.80. The van der Waals surface area contributed by atoms with Crippen LogP contribution in [-0.4, -0.2) is 28.8 Å². The number of nitrogens with zero attached hydrogens (tertiary/aromatic N) is 1. The van der Waals surface area contributed by atoms with Crippen molar-refractivity contribution < 1.29 is 19.4 Å². The number of methoxy groups -OCH3 is 1. The van der Waals surface area contributed by atoms with Gasteiger partial charge in [0.05, 0.1) is 25.3 Å². The van der Waals surface area contributed by atoms with Gasteiger partial charge in [-0.15, -0.1) is 0 Å². The average molecular weight is 436 g/mol. The summed E-state index contributed by atoms with van der Waals surface area (Å²) in [7, 11) is 1.58. The molecule has 0 radical (unpaired) electrons. The molecule has 170 valence electrons. The lowest BCUT2D eigenvalue weighted by Crippen LogP contribution is -2.31. The maximum absolute atomic E-state index is 13.1. The van der Waals surface area contributed by atoms with Crippen molar-refractivity contribution in [1.82, 2.24) is 4.90 Å². The van der Waals surface area contributed by atoms with Crippen molar-refractivity contribution in [3.8, 4) is 5.75 Å². The highest BCUT2D eigenvalue weighted by Gasteiger charge is 2.43. The maximum atomic E-state index is 13.1. The number of benzene rings is 2. The molecule has 32 heavy (non-hydrogen) atoms. The summed E-state index contributed by atoms with van der Waals surface area (Å²) in [6.45, 7) is 10.5. The Morgan fingerprint density at radius 3 is 2.28 bits per heavy atom. The molecule has 0 saturated carbocycles. The van der Waals surface area contributed by atoms with Gasteiger partial charge in [-0.25, -0.2) is 0 Å². The number of para-hydroxylation sites is 1. The zero-order chi connectivity index (χ0) is 23.6. The summed E-state index contributed by atoms with van der Waals surface area (Å²) in [6.07, 6.45) is 0.270. The molecule has 0 aromatic heterocycles. The van der Waals surface area contributed by atoms with Gasteiger partial charge in [0.25, 0.3) is 5.91 Å². The number of hydrogen-bond acceptors (Lipinski definition) is 4. The molecule has 0 fully saturated rings. The van der Waals surface area contributed by atoms with Crippen molar-refractivity contribution in [2.45, 2.75) is 59.0 Å². The molecule has 1 unspecified atom stereocenters. The molecule has 0 aliphatic carbocycles. The van der Waals surface area contributed by atoms with Gasteiger partial charge in [0, 0.05) is 12.0 Å². The number of Topliss-reactive ketones (excluding diaryl/α,β-unsaturated/α-hetero) is 1. The van der Waals surface area contributed by atoms with E-state index in [4.69, 9.17) is 4.74 Å². The molecule has 1 aliphatic heterocycles. The van der Waals surface area contributed by atoms with Gasteiger partial charge in [-0.1, -0.05) is 77.1 Å². The first-order chi connectivity index (χ1) is 15.0. The highest BCUT2D eigenvalue weighted by atomic mass is 16.5. The molecule has 1 N–H and O–H groups in total. The lowest BCUT2D eigenvalue weighted by atomic mass is 9.85. The molecule has 0 spiro atoms. The molecular weight excluding hydrogens is 402 g/mol. The van der Waals surface area contributed by atoms with E-state index >= 15 is 0 Å². The number of rotatable bonds is 7. The summed E-state index contributed by atoms with van der Waals surface area (Å²) in [5, 5.41) is 10.8. The molecule has 1 aliphatic rings. The predicted molar refractivity (Wildman–Crippen MR) is 126 cm³/mol. The first-order valence-corrected chi connectivity index (χ1v) is 11.0. The minimum Gasteiger partial charge on any atom is -0.503 e. The van der Waals surface area contributed by atoms with E-state index in [0.29, 0.717) is 5.75 Å². The Bertz CT molecular complexity index is 1030. The van der Waals surface area contributed by atoms with E-state index < -0.39 is 17.7 Å². The third-order valence-corrected chi connectivity index (χ3v) is 5.82. The standard InChI is InChI=1S/C27H33NO4/c1-17(2)15-21(29)23-24(18-11-13-20(14-12-18)27(3,4)5)28(26(31)25(23)30)16-19-9-7-8-10-22(19)32-6/h7-14,17,24,30H,15-16H2,1-6H3.